The lowest BCUT2D eigenvalue weighted by Crippen LogP contribution is -2.49. The zero-order valence-electron chi connectivity index (χ0n) is 17.5. The fourth-order valence-corrected chi connectivity index (χ4v) is 4.29. The van der Waals surface area contributed by atoms with E-state index >= 15 is 0 Å². The number of piperidine rings is 2. The Bertz CT molecular complexity index is 561. The summed E-state index contributed by atoms with van der Waals surface area (Å²) in [5.41, 5.74) is 0. The minimum Gasteiger partial charge on any atom is -0.357 e. The van der Waals surface area contributed by atoms with Crippen molar-refractivity contribution in [2.45, 2.75) is 52.5 Å². The number of guanidine groups is 1. The van der Waals surface area contributed by atoms with Crippen LogP contribution in [0.15, 0.2) is 23.7 Å². The highest BCUT2D eigenvalue weighted by Gasteiger charge is 2.28. The van der Waals surface area contributed by atoms with Crippen molar-refractivity contribution in [2.24, 2.45) is 16.8 Å². The summed E-state index contributed by atoms with van der Waals surface area (Å²) in [5, 5.41) is 3.51. The molecule has 1 aromatic rings. The Balaban J connectivity index is 1.52. The first-order valence-corrected chi connectivity index (χ1v) is 10.9. The molecule has 3 heterocycles. The maximum Gasteiger partial charge on any atom is 0.193 e. The van der Waals surface area contributed by atoms with Crippen LogP contribution in [-0.4, -0.2) is 71.1 Å². The molecule has 2 saturated heterocycles. The number of rotatable bonds is 6. The minimum absolute atomic E-state index is 0.473. The van der Waals surface area contributed by atoms with E-state index < -0.39 is 0 Å². The standard InChI is InChI=1S/C21H38N6/c1-4-23-21(24-9-5-11-25-12-6-18(2)7-13-25)26-14-8-19(3)20(16-26)27-15-10-22-17-27/h10,15,17-20H,4-9,11-14,16H2,1-3H3,(H,23,24). The van der Waals surface area contributed by atoms with Crippen LogP contribution < -0.4 is 5.32 Å². The summed E-state index contributed by atoms with van der Waals surface area (Å²) in [5.74, 6) is 2.66. The molecule has 152 valence electrons. The third-order valence-electron chi connectivity index (χ3n) is 6.23. The van der Waals surface area contributed by atoms with Crippen molar-refractivity contribution in [2.75, 3.05) is 45.8 Å². The summed E-state index contributed by atoms with van der Waals surface area (Å²) in [6.45, 7) is 14.5. The van der Waals surface area contributed by atoms with Gasteiger partial charge in [-0.3, -0.25) is 4.99 Å². The van der Waals surface area contributed by atoms with E-state index in [0.29, 0.717) is 12.0 Å². The van der Waals surface area contributed by atoms with E-state index in [1.165, 1.54) is 38.9 Å². The summed E-state index contributed by atoms with van der Waals surface area (Å²) in [4.78, 5) is 14.3. The second-order valence-electron chi connectivity index (χ2n) is 8.40. The fraction of sp³-hybridized carbons (Fsp3) is 0.810. The number of hydrogen-bond acceptors (Lipinski definition) is 3. The molecule has 1 aromatic heterocycles. The van der Waals surface area contributed by atoms with E-state index in [-0.39, 0.29) is 0 Å². The van der Waals surface area contributed by atoms with Gasteiger partial charge < -0.3 is 19.7 Å². The maximum absolute atomic E-state index is 4.96. The van der Waals surface area contributed by atoms with Crippen molar-refractivity contribution in [3.05, 3.63) is 18.7 Å². The van der Waals surface area contributed by atoms with Gasteiger partial charge in [-0.1, -0.05) is 13.8 Å². The number of imidazole rings is 1. The average Bonchev–Trinajstić information content (AvgIpc) is 3.21. The summed E-state index contributed by atoms with van der Waals surface area (Å²) in [7, 11) is 0. The largest absolute Gasteiger partial charge is 0.357 e. The quantitative estimate of drug-likeness (QED) is 0.473. The van der Waals surface area contributed by atoms with Crippen LogP contribution in [0.3, 0.4) is 0 Å². The highest BCUT2D eigenvalue weighted by Crippen LogP contribution is 2.27. The molecule has 27 heavy (non-hydrogen) atoms. The molecule has 0 radical (unpaired) electrons. The van der Waals surface area contributed by atoms with E-state index in [1.54, 1.807) is 0 Å². The smallest absolute Gasteiger partial charge is 0.193 e. The number of nitrogens with zero attached hydrogens (tertiary/aromatic N) is 5. The van der Waals surface area contributed by atoms with Crippen molar-refractivity contribution in [1.82, 2.24) is 24.7 Å². The Hall–Kier alpha value is -1.56. The summed E-state index contributed by atoms with van der Waals surface area (Å²) >= 11 is 0. The maximum atomic E-state index is 4.96. The fourth-order valence-electron chi connectivity index (χ4n) is 4.29. The van der Waals surface area contributed by atoms with Gasteiger partial charge in [0.1, 0.15) is 0 Å². The Morgan fingerprint density at radius 2 is 2.00 bits per heavy atom. The first-order valence-electron chi connectivity index (χ1n) is 10.9. The molecule has 2 atom stereocenters. The van der Waals surface area contributed by atoms with Crippen molar-refractivity contribution in [1.29, 1.82) is 0 Å². The molecule has 0 saturated carbocycles. The number of likely N-dealkylation sites (tertiary alicyclic amines) is 2. The van der Waals surface area contributed by atoms with Crippen molar-refractivity contribution < 1.29 is 0 Å². The van der Waals surface area contributed by atoms with Gasteiger partial charge in [0, 0.05) is 38.6 Å². The molecule has 6 heteroatoms. The van der Waals surface area contributed by atoms with Gasteiger partial charge in [-0.25, -0.2) is 4.98 Å². The second kappa shape index (κ2) is 10.1. The number of aliphatic imine (C=N–C) groups is 1. The SMILES string of the molecule is CCNC(=NCCCN1CCC(C)CC1)N1CCC(C)C(n2ccnc2)C1. The first-order chi connectivity index (χ1) is 13.2. The number of nitrogens with one attached hydrogen (secondary N) is 1. The van der Waals surface area contributed by atoms with Crippen molar-refractivity contribution >= 4 is 5.96 Å². The van der Waals surface area contributed by atoms with Crippen molar-refractivity contribution in [3.8, 4) is 0 Å². The van der Waals surface area contributed by atoms with Gasteiger partial charge in [-0.15, -0.1) is 0 Å². The minimum atomic E-state index is 0.473. The van der Waals surface area contributed by atoms with Crippen LogP contribution in [-0.2, 0) is 0 Å². The number of aromatic nitrogens is 2. The van der Waals surface area contributed by atoms with Gasteiger partial charge in [-0.2, -0.15) is 0 Å². The summed E-state index contributed by atoms with van der Waals surface area (Å²) in [6, 6.07) is 0.473. The van der Waals surface area contributed by atoms with Gasteiger partial charge >= 0.3 is 0 Å². The molecule has 2 fully saturated rings. The van der Waals surface area contributed by atoms with Crippen molar-refractivity contribution in [3.63, 3.8) is 0 Å². The Morgan fingerprint density at radius 1 is 1.19 bits per heavy atom. The molecule has 0 bridgehead atoms. The highest BCUT2D eigenvalue weighted by molar-refractivity contribution is 5.80. The Morgan fingerprint density at radius 3 is 2.70 bits per heavy atom. The van der Waals surface area contributed by atoms with Gasteiger partial charge in [-0.05, 0) is 64.1 Å². The molecule has 0 spiro atoms. The normalized spacial score (nSPS) is 25.7. The van der Waals surface area contributed by atoms with Crippen LogP contribution in [0.25, 0.3) is 0 Å². The van der Waals surface area contributed by atoms with E-state index in [9.17, 15) is 0 Å². The third-order valence-corrected chi connectivity index (χ3v) is 6.23. The highest BCUT2D eigenvalue weighted by atomic mass is 15.3. The zero-order chi connectivity index (χ0) is 19.1. The zero-order valence-corrected chi connectivity index (χ0v) is 17.5. The predicted octanol–water partition coefficient (Wildman–Crippen LogP) is 2.85. The van der Waals surface area contributed by atoms with Gasteiger partial charge in [0.05, 0.1) is 12.4 Å². The van der Waals surface area contributed by atoms with Gasteiger partial charge in [0.25, 0.3) is 0 Å². The molecule has 2 unspecified atom stereocenters. The van der Waals surface area contributed by atoms with Crippen LogP contribution in [0.2, 0.25) is 0 Å². The van der Waals surface area contributed by atoms with E-state index in [0.717, 1.165) is 44.5 Å². The number of hydrogen-bond donors (Lipinski definition) is 1. The Kier molecular flexibility index (Phi) is 7.56. The van der Waals surface area contributed by atoms with Gasteiger partial charge in [0.15, 0.2) is 5.96 Å². The van der Waals surface area contributed by atoms with Gasteiger partial charge in [0.2, 0.25) is 0 Å². The molecule has 0 aromatic carbocycles. The average molecular weight is 375 g/mol. The third kappa shape index (κ3) is 5.71. The van der Waals surface area contributed by atoms with Crippen LogP contribution in [0.4, 0.5) is 0 Å². The molecule has 0 amide bonds. The first kappa shape index (κ1) is 20.2. The van der Waals surface area contributed by atoms with Crippen LogP contribution >= 0.6 is 0 Å². The molecule has 2 aliphatic heterocycles. The molecular weight excluding hydrogens is 336 g/mol. The lowest BCUT2D eigenvalue weighted by atomic mass is 9.93. The van der Waals surface area contributed by atoms with E-state index in [2.05, 4.69) is 51.6 Å². The summed E-state index contributed by atoms with van der Waals surface area (Å²) in [6.07, 6.45) is 11.0. The summed E-state index contributed by atoms with van der Waals surface area (Å²) < 4.78 is 2.26. The Labute approximate surface area is 165 Å². The molecule has 3 rings (SSSR count). The van der Waals surface area contributed by atoms with Crippen LogP contribution in [0.5, 0.6) is 0 Å². The molecule has 0 aliphatic carbocycles. The van der Waals surface area contributed by atoms with E-state index in [4.69, 9.17) is 4.99 Å². The predicted molar refractivity (Wildman–Crippen MR) is 112 cm³/mol. The van der Waals surface area contributed by atoms with Crippen LogP contribution in [0, 0.1) is 11.8 Å². The monoisotopic (exact) mass is 374 g/mol. The topological polar surface area (TPSA) is 48.7 Å². The molecule has 2 aliphatic rings. The lowest BCUT2D eigenvalue weighted by Gasteiger charge is -2.39. The second-order valence-corrected chi connectivity index (χ2v) is 8.40. The molecule has 6 nitrogen and oxygen atoms in total. The molecule has 1 N–H and O–H groups in total. The molecular formula is C21H38N6. The van der Waals surface area contributed by atoms with E-state index in [1.807, 2.05) is 12.5 Å². The lowest BCUT2D eigenvalue weighted by molar-refractivity contribution is 0.187. The van der Waals surface area contributed by atoms with Crippen LogP contribution in [0.1, 0.15) is 52.5 Å².